The highest BCUT2D eigenvalue weighted by atomic mass is 79.9. The van der Waals surface area contributed by atoms with Crippen LogP contribution < -0.4 is 5.43 Å². The summed E-state index contributed by atoms with van der Waals surface area (Å²) in [6.07, 6.45) is 7.60. The van der Waals surface area contributed by atoms with Gasteiger partial charge < -0.3 is 4.57 Å². The lowest BCUT2D eigenvalue weighted by molar-refractivity contribution is 0.570. The van der Waals surface area contributed by atoms with Crippen LogP contribution in [0.4, 0.5) is 0 Å². The third-order valence-electron chi connectivity index (χ3n) is 4.72. The minimum Gasteiger partial charge on any atom is -0.340 e. The summed E-state index contributed by atoms with van der Waals surface area (Å²) in [6, 6.07) is 12.0. The van der Waals surface area contributed by atoms with E-state index < -0.39 is 0 Å². The Balaban J connectivity index is 2.01. The van der Waals surface area contributed by atoms with Crippen LogP contribution in [0, 0.1) is 0 Å². The summed E-state index contributed by atoms with van der Waals surface area (Å²) in [5, 5.41) is 1.57. The van der Waals surface area contributed by atoms with Crippen LogP contribution in [0.5, 0.6) is 0 Å². The van der Waals surface area contributed by atoms with Gasteiger partial charge in [0.1, 0.15) is 0 Å². The number of pyridine rings is 1. The molecule has 2 aromatic carbocycles. The van der Waals surface area contributed by atoms with Crippen molar-refractivity contribution in [2.24, 2.45) is 0 Å². The number of fused-ring (bicyclic) bond motifs is 2. The molecule has 4 heteroatoms. The Hall–Kier alpha value is -1.13. The number of rotatable bonds is 7. The Morgan fingerprint density at radius 3 is 1.88 bits per heavy atom. The van der Waals surface area contributed by atoms with E-state index in [-0.39, 0.29) is 5.43 Å². The van der Waals surface area contributed by atoms with Gasteiger partial charge >= 0.3 is 0 Å². The van der Waals surface area contributed by atoms with Gasteiger partial charge in [-0.25, -0.2) is 0 Å². The predicted octanol–water partition coefficient (Wildman–Crippen LogP) is 7.04. The summed E-state index contributed by atoms with van der Waals surface area (Å²) in [5.74, 6) is 0. The maximum Gasteiger partial charge on any atom is 0.197 e. The van der Waals surface area contributed by atoms with Gasteiger partial charge in [0.15, 0.2) is 5.43 Å². The molecule has 132 valence electrons. The first kappa shape index (κ1) is 18.7. The third kappa shape index (κ3) is 4.17. The molecule has 0 aliphatic carbocycles. The number of unbranched alkanes of at least 4 members (excludes halogenated alkanes) is 5. The van der Waals surface area contributed by atoms with Crippen molar-refractivity contribution >= 4 is 53.7 Å². The van der Waals surface area contributed by atoms with Gasteiger partial charge in [-0.15, -0.1) is 0 Å². The smallest absolute Gasteiger partial charge is 0.197 e. The number of benzene rings is 2. The molecule has 0 spiro atoms. The van der Waals surface area contributed by atoms with Gasteiger partial charge in [-0.1, -0.05) is 70.9 Å². The van der Waals surface area contributed by atoms with Crippen molar-refractivity contribution in [1.29, 1.82) is 0 Å². The topological polar surface area (TPSA) is 22.0 Å². The predicted molar refractivity (Wildman–Crippen MR) is 114 cm³/mol. The molecule has 0 N–H and O–H groups in total. The second-order valence-electron chi connectivity index (χ2n) is 6.57. The number of nitrogens with zero attached hydrogens (tertiary/aromatic N) is 1. The molecular formula is C21H23Br2NO. The molecule has 3 aromatic rings. The molecule has 0 saturated carbocycles. The van der Waals surface area contributed by atoms with E-state index in [9.17, 15) is 4.79 Å². The molecule has 2 nitrogen and oxygen atoms in total. The van der Waals surface area contributed by atoms with Gasteiger partial charge in [0.25, 0.3) is 0 Å². The van der Waals surface area contributed by atoms with Crippen molar-refractivity contribution in [1.82, 2.24) is 4.57 Å². The fourth-order valence-corrected chi connectivity index (χ4v) is 4.14. The Bertz CT molecular complexity index is 880. The van der Waals surface area contributed by atoms with Crippen LogP contribution in [-0.4, -0.2) is 4.57 Å². The largest absolute Gasteiger partial charge is 0.340 e. The lowest BCUT2D eigenvalue weighted by atomic mass is 10.1. The Labute approximate surface area is 165 Å². The van der Waals surface area contributed by atoms with E-state index in [0.717, 1.165) is 43.7 Å². The average Bonchev–Trinajstić information content (AvgIpc) is 2.61. The van der Waals surface area contributed by atoms with Crippen molar-refractivity contribution < 1.29 is 0 Å². The molecule has 25 heavy (non-hydrogen) atoms. The highest BCUT2D eigenvalue weighted by Gasteiger charge is 2.11. The maximum absolute atomic E-state index is 12.9. The van der Waals surface area contributed by atoms with E-state index >= 15 is 0 Å². The molecule has 1 aromatic heterocycles. The van der Waals surface area contributed by atoms with Crippen LogP contribution in [0.3, 0.4) is 0 Å². The zero-order valence-electron chi connectivity index (χ0n) is 14.5. The number of hydrogen-bond donors (Lipinski definition) is 0. The van der Waals surface area contributed by atoms with Crippen molar-refractivity contribution in [2.45, 2.75) is 52.0 Å². The molecule has 0 fully saturated rings. The van der Waals surface area contributed by atoms with Crippen LogP contribution in [0.2, 0.25) is 0 Å². The first-order valence-electron chi connectivity index (χ1n) is 9.03. The summed E-state index contributed by atoms with van der Waals surface area (Å²) < 4.78 is 4.19. The summed E-state index contributed by atoms with van der Waals surface area (Å²) >= 11 is 7.00. The van der Waals surface area contributed by atoms with Crippen LogP contribution in [0.15, 0.2) is 50.1 Å². The van der Waals surface area contributed by atoms with Crippen molar-refractivity contribution in [3.05, 3.63) is 55.6 Å². The van der Waals surface area contributed by atoms with Gasteiger partial charge in [-0.3, -0.25) is 4.79 Å². The van der Waals surface area contributed by atoms with Gasteiger partial charge in [0, 0.05) is 26.3 Å². The minimum absolute atomic E-state index is 0.104. The molecule has 0 aliphatic rings. The zero-order chi connectivity index (χ0) is 17.8. The summed E-state index contributed by atoms with van der Waals surface area (Å²) in [4.78, 5) is 12.9. The summed E-state index contributed by atoms with van der Waals surface area (Å²) in [5.41, 5.74) is 2.15. The maximum atomic E-state index is 12.9. The number of aryl methyl sites for hydroxylation is 1. The van der Waals surface area contributed by atoms with E-state index in [2.05, 4.69) is 55.5 Å². The number of halogens is 2. The van der Waals surface area contributed by atoms with Gasteiger partial charge in [0.05, 0.1) is 11.0 Å². The Morgan fingerprint density at radius 1 is 0.800 bits per heavy atom. The molecule has 1 heterocycles. The molecule has 3 rings (SSSR count). The molecular weight excluding hydrogens is 442 g/mol. The average molecular weight is 465 g/mol. The highest BCUT2D eigenvalue weighted by molar-refractivity contribution is 9.10. The minimum atomic E-state index is 0.104. The van der Waals surface area contributed by atoms with Crippen LogP contribution in [0.1, 0.15) is 45.4 Å². The van der Waals surface area contributed by atoms with E-state index in [4.69, 9.17) is 0 Å². The quantitative estimate of drug-likeness (QED) is 0.271. The number of aromatic nitrogens is 1. The molecule has 0 saturated heterocycles. The van der Waals surface area contributed by atoms with Gasteiger partial charge in [-0.05, 0) is 42.8 Å². The van der Waals surface area contributed by atoms with Crippen LogP contribution in [0.25, 0.3) is 21.8 Å². The lowest BCUT2D eigenvalue weighted by Crippen LogP contribution is -2.12. The fourth-order valence-electron chi connectivity index (χ4n) is 3.42. The van der Waals surface area contributed by atoms with E-state index in [0.29, 0.717) is 0 Å². The Morgan fingerprint density at radius 2 is 1.32 bits per heavy atom. The first-order valence-corrected chi connectivity index (χ1v) is 10.6. The lowest BCUT2D eigenvalue weighted by Gasteiger charge is -2.15. The second-order valence-corrected chi connectivity index (χ2v) is 8.40. The first-order chi connectivity index (χ1) is 12.1. The van der Waals surface area contributed by atoms with E-state index in [1.807, 2.05) is 24.3 Å². The van der Waals surface area contributed by atoms with Gasteiger partial charge in [0.2, 0.25) is 0 Å². The molecule has 0 bridgehead atoms. The monoisotopic (exact) mass is 463 g/mol. The SMILES string of the molecule is CCCCCCCCn1c2ccc(Br)cc2c(=O)c2cc(Br)ccc21. The van der Waals surface area contributed by atoms with Crippen molar-refractivity contribution in [3.63, 3.8) is 0 Å². The highest BCUT2D eigenvalue weighted by Crippen LogP contribution is 2.25. The van der Waals surface area contributed by atoms with Crippen molar-refractivity contribution in [2.75, 3.05) is 0 Å². The van der Waals surface area contributed by atoms with Gasteiger partial charge in [-0.2, -0.15) is 0 Å². The third-order valence-corrected chi connectivity index (χ3v) is 5.71. The summed E-state index contributed by atoms with van der Waals surface area (Å²) in [6.45, 7) is 3.19. The van der Waals surface area contributed by atoms with Crippen molar-refractivity contribution in [3.8, 4) is 0 Å². The molecule has 0 aliphatic heterocycles. The van der Waals surface area contributed by atoms with Crippen LogP contribution >= 0.6 is 31.9 Å². The molecule has 0 radical (unpaired) electrons. The number of hydrogen-bond acceptors (Lipinski definition) is 1. The summed E-state index contributed by atoms with van der Waals surface area (Å²) in [7, 11) is 0. The van der Waals surface area contributed by atoms with Crippen LogP contribution in [-0.2, 0) is 6.54 Å². The van der Waals surface area contributed by atoms with E-state index in [1.165, 1.54) is 32.1 Å². The Kier molecular flexibility index (Phi) is 6.34. The standard InChI is InChI=1S/C21H23Br2NO/c1-2-3-4-5-6-7-12-24-19-10-8-15(22)13-17(19)21(25)18-14-16(23)9-11-20(18)24/h8-11,13-14H,2-7,12H2,1H3. The normalized spacial score (nSPS) is 11.5. The second kappa shape index (κ2) is 8.50. The molecule has 0 atom stereocenters. The van der Waals surface area contributed by atoms with E-state index in [1.54, 1.807) is 0 Å². The molecule has 0 unspecified atom stereocenters. The fraction of sp³-hybridized carbons (Fsp3) is 0.381. The zero-order valence-corrected chi connectivity index (χ0v) is 17.7. The molecule has 0 amide bonds.